The first-order valence-electron chi connectivity index (χ1n) is 10.1. The highest BCUT2D eigenvalue weighted by Gasteiger charge is 2.47. The lowest BCUT2D eigenvalue weighted by atomic mass is 9.85. The Labute approximate surface area is 161 Å². The van der Waals surface area contributed by atoms with Crippen LogP contribution in [0, 0.1) is 5.92 Å². The van der Waals surface area contributed by atoms with Crippen LogP contribution in [0.4, 0.5) is 0 Å². The molecule has 2 aliphatic rings. The second kappa shape index (κ2) is 8.98. The molecule has 1 aliphatic carbocycles. The number of hydrogen-bond acceptors (Lipinski definition) is 4. The van der Waals surface area contributed by atoms with Crippen molar-refractivity contribution in [3.63, 3.8) is 0 Å². The lowest BCUT2D eigenvalue weighted by Crippen LogP contribution is -2.58. The summed E-state index contributed by atoms with van der Waals surface area (Å²) < 4.78 is 11.5. The number of ketones is 1. The quantitative estimate of drug-likeness (QED) is 0.795. The van der Waals surface area contributed by atoms with E-state index in [0.29, 0.717) is 18.9 Å². The van der Waals surface area contributed by atoms with E-state index < -0.39 is 11.6 Å². The lowest BCUT2D eigenvalue weighted by Gasteiger charge is -2.31. The smallest absolute Gasteiger partial charge is 0.250 e. The van der Waals surface area contributed by atoms with Gasteiger partial charge in [0.25, 0.3) is 0 Å². The van der Waals surface area contributed by atoms with E-state index in [0.717, 1.165) is 18.4 Å². The maximum Gasteiger partial charge on any atom is 0.250 e. The predicted octanol–water partition coefficient (Wildman–Crippen LogP) is 3.40. The summed E-state index contributed by atoms with van der Waals surface area (Å²) in [5.74, 6) is 0.221. The number of nitrogens with one attached hydrogen (secondary N) is 1. The van der Waals surface area contributed by atoms with Crippen LogP contribution in [-0.2, 0) is 25.7 Å². The molecule has 0 radical (unpaired) electrons. The number of carbonyl (C=O) groups excluding carboxylic acids is 2. The summed E-state index contributed by atoms with van der Waals surface area (Å²) in [6.07, 6.45) is 5.83. The molecule has 1 heterocycles. The lowest BCUT2D eigenvalue weighted by molar-refractivity contribution is -0.140. The maximum atomic E-state index is 13.0. The molecule has 1 N–H and O–H groups in total. The highest BCUT2D eigenvalue weighted by Crippen LogP contribution is 2.29. The molecule has 1 aliphatic heterocycles. The fourth-order valence-corrected chi connectivity index (χ4v) is 4.00. The van der Waals surface area contributed by atoms with E-state index in [1.165, 1.54) is 19.3 Å². The summed E-state index contributed by atoms with van der Waals surface area (Å²) in [4.78, 5) is 25.3. The standard InChI is InChI=1S/C22H31NO4/c1-16-22(2,20(24)15-26-16)23-21(25)19(13-17-9-5-3-6-10-17)27-14-18-11-7-4-8-12-18/h4,7-8,11-12,16-17,19H,3,5-6,9-10,13-15H2,1-2H3,(H,23,25). The van der Waals surface area contributed by atoms with Crippen LogP contribution in [0.5, 0.6) is 0 Å². The second-order valence-corrected chi connectivity index (χ2v) is 8.09. The molecule has 148 valence electrons. The molecule has 1 aromatic rings. The largest absolute Gasteiger partial charge is 0.368 e. The zero-order chi connectivity index (χ0) is 19.3. The molecule has 5 nitrogen and oxygen atoms in total. The van der Waals surface area contributed by atoms with Gasteiger partial charge in [-0.05, 0) is 31.7 Å². The van der Waals surface area contributed by atoms with Crippen LogP contribution in [0.1, 0.15) is 57.9 Å². The number of Topliss-reactive ketones (excluding diaryl/α,β-unsaturated/α-hetero) is 1. The van der Waals surface area contributed by atoms with Gasteiger partial charge in [-0.3, -0.25) is 9.59 Å². The summed E-state index contributed by atoms with van der Waals surface area (Å²) in [5, 5.41) is 2.94. The highest BCUT2D eigenvalue weighted by atomic mass is 16.5. The summed E-state index contributed by atoms with van der Waals surface area (Å²) >= 11 is 0. The van der Waals surface area contributed by atoms with Gasteiger partial charge >= 0.3 is 0 Å². The van der Waals surface area contributed by atoms with E-state index in [1.54, 1.807) is 6.92 Å². The summed E-state index contributed by atoms with van der Waals surface area (Å²) in [6.45, 7) is 4.02. The van der Waals surface area contributed by atoms with Crippen molar-refractivity contribution in [2.45, 2.75) is 76.7 Å². The number of ether oxygens (including phenoxy) is 2. The highest BCUT2D eigenvalue weighted by molar-refractivity contribution is 5.96. The summed E-state index contributed by atoms with van der Waals surface area (Å²) in [6, 6.07) is 9.88. The van der Waals surface area contributed by atoms with E-state index in [9.17, 15) is 9.59 Å². The number of hydrogen-bond donors (Lipinski definition) is 1. The molecule has 1 amide bonds. The van der Waals surface area contributed by atoms with Crippen molar-refractivity contribution in [1.29, 1.82) is 0 Å². The fourth-order valence-electron chi connectivity index (χ4n) is 4.00. The minimum atomic E-state index is -0.974. The van der Waals surface area contributed by atoms with Crippen molar-refractivity contribution in [3.05, 3.63) is 35.9 Å². The molecular formula is C22H31NO4. The zero-order valence-corrected chi connectivity index (χ0v) is 16.4. The molecule has 0 aromatic heterocycles. The molecule has 3 unspecified atom stereocenters. The minimum Gasteiger partial charge on any atom is -0.368 e. The van der Waals surface area contributed by atoms with E-state index in [1.807, 2.05) is 37.3 Å². The molecule has 3 atom stereocenters. The molecular weight excluding hydrogens is 342 g/mol. The van der Waals surface area contributed by atoms with Gasteiger partial charge in [-0.1, -0.05) is 62.4 Å². The predicted molar refractivity (Wildman–Crippen MR) is 103 cm³/mol. The number of amides is 1. The molecule has 0 spiro atoms. The molecule has 27 heavy (non-hydrogen) atoms. The normalized spacial score (nSPS) is 27.5. The Balaban J connectivity index is 1.67. The fraction of sp³-hybridized carbons (Fsp3) is 0.636. The van der Waals surface area contributed by atoms with Crippen LogP contribution < -0.4 is 5.32 Å². The summed E-state index contributed by atoms with van der Waals surface area (Å²) in [7, 11) is 0. The van der Waals surface area contributed by atoms with Crippen LogP contribution in [0.2, 0.25) is 0 Å². The van der Waals surface area contributed by atoms with E-state index in [2.05, 4.69) is 5.32 Å². The van der Waals surface area contributed by atoms with Crippen molar-refractivity contribution in [1.82, 2.24) is 5.32 Å². The van der Waals surface area contributed by atoms with Gasteiger partial charge in [-0.25, -0.2) is 0 Å². The van der Waals surface area contributed by atoms with Crippen molar-refractivity contribution in [2.24, 2.45) is 5.92 Å². The van der Waals surface area contributed by atoms with Gasteiger partial charge in [0.15, 0.2) is 5.78 Å². The molecule has 1 saturated heterocycles. The Hall–Kier alpha value is -1.72. The minimum absolute atomic E-state index is 0.0517. The SMILES string of the molecule is CC1OCC(=O)C1(C)NC(=O)C(CC1CCCCC1)OCc1ccccc1. The third-order valence-electron chi connectivity index (χ3n) is 6.10. The van der Waals surface area contributed by atoms with Gasteiger partial charge in [0.1, 0.15) is 18.2 Å². The summed E-state index contributed by atoms with van der Waals surface area (Å²) in [5.41, 5.74) is 0.0664. The molecule has 2 fully saturated rings. The first kappa shape index (κ1) is 20.0. The van der Waals surface area contributed by atoms with Crippen molar-refractivity contribution in [2.75, 3.05) is 6.61 Å². The van der Waals surface area contributed by atoms with E-state index >= 15 is 0 Å². The van der Waals surface area contributed by atoms with Crippen LogP contribution in [0.15, 0.2) is 30.3 Å². The Morgan fingerprint density at radius 3 is 2.59 bits per heavy atom. The number of benzene rings is 1. The maximum absolute atomic E-state index is 13.0. The molecule has 0 bridgehead atoms. The van der Waals surface area contributed by atoms with Crippen LogP contribution >= 0.6 is 0 Å². The van der Waals surface area contributed by atoms with Crippen LogP contribution in [0.25, 0.3) is 0 Å². The zero-order valence-electron chi connectivity index (χ0n) is 16.4. The van der Waals surface area contributed by atoms with Gasteiger partial charge < -0.3 is 14.8 Å². The van der Waals surface area contributed by atoms with Gasteiger partial charge in [-0.15, -0.1) is 0 Å². The molecule has 5 heteroatoms. The Bertz CT molecular complexity index is 641. The first-order chi connectivity index (χ1) is 13.0. The topological polar surface area (TPSA) is 64.6 Å². The Morgan fingerprint density at radius 2 is 1.96 bits per heavy atom. The molecule has 1 aromatic carbocycles. The Kier molecular flexibility index (Phi) is 6.66. The third-order valence-corrected chi connectivity index (χ3v) is 6.10. The van der Waals surface area contributed by atoms with Crippen molar-refractivity contribution in [3.8, 4) is 0 Å². The molecule has 1 saturated carbocycles. The number of rotatable bonds is 7. The van der Waals surface area contributed by atoms with Gasteiger partial charge in [0, 0.05) is 0 Å². The second-order valence-electron chi connectivity index (χ2n) is 8.09. The van der Waals surface area contributed by atoms with E-state index in [-0.39, 0.29) is 24.4 Å². The van der Waals surface area contributed by atoms with Gasteiger partial charge in [0.2, 0.25) is 5.91 Å². The Morgan fingerprint density at radius 1 is 1.26 bits per heavy atom. The van der Waals surface area contributed by atoms with Gasteiger partial charge in [-0.2, -0.15) is 0 Å². The molecule has 3 rings (SSSR count). The van der Waals surface area contributed by atoms with Crippen molar-refractivity contribution < 1.29 is 19.1 Å². The average Bonchev–Trinajstić information content (AvgIpc) is 2.93. The monoisotopic (exact) mass is 373 g/mol. The van der Waals surface area contributed by atoms with Crippen LogP contribution in [-0.4, -0.2) is 36.0 Å². The van der Waals surface area contributed by atoms with E-state index in [4.69, 9.17) is 9.47 Å². The van der Waals surface area contributed by atoms with Crippen molar-refractivity contribution >= 4 is 11.7 Å². The van der Waals surface area contributed by atoms with Gasteiger partial charge in [0.05, 0.1) is 12.7 Å². The van der Waals surface area contributed by atoms with Crippen LogP contribution in [0.3, 0.4) is 0 Å². The number of carbonyl (C=O) groups is 2. The average molecular weight is 373 g/mol. The first-order valence-corrected chi connectivity index (χ1v) is 10.1. The third kappa shape index (κ3) is 4.96.